The van der Waals surface area contributed by atoms with Crippen LogP contribution in [0.3, 0.4) is 0 Å². The molecule has 0 aliphatic rings. The molecule has 2 nitrogen and oxygen atoms in total. The van der Waals surface area contributed by atoms with Crippen LogP contribution in [0.5, 0.6) is 0 Å². The van der Waals surface area contributed by atoms with Crippen molar-refractivity contribution in [1.82, 2.24) is 4.90 Å². The van der Waals surface area contributed by atoms with E-state index in [1.165, 1.54) is 11.1 Å². The summed E-state index contributed by atoms with van der Waals surface area (Å²) in [7, 11) is 2.10. The highest BCUT2D eigenvalue weighted by atomic mass is 79.9. The fourth-order valence-electron chi connectivity index (χ4n) is 2.47. The summed E-state index contributed by atoms with van der Waals surface area (Å²) in [5.74, 6) is 0. The Kier molecular flexibility index (Phi) is 5.38. The number of thiophene rings is 1. The SMILES string of the molecule is CN(Cc1csc(Br)c1)CC(C)(CO)c1ccccc1. The zero-order chi connectivity index (χ0) is 14.6. The molecule has 1 aromatic carbocycles. The standard InChI is InChI=1S/C16H20BrNOS/c1-16(12-19,14-6-4-3-5-7-14)11-18(2)9-13-8-15(17)20-10-13/h3-8,10,19H,9,11-12H2,1-2H3. The van der Waals surface area contributed by atoms with Gasteiger partial charge < -0.3 is 10.0 Å². The van der Waals surface area contributed by atoms with Crippen LogP contribution in [-0.4, -0.2) is 30.2 Å². The van der Waals surface area contributed by atoms with Crippen molar-refractivity contribution in [2.75, 3.05) is 20.2 Å². The Labute approximate surface area is 133 Å². The van der Waals surface area contributed by atoms with Crippen molar-refractivity contribution >= 4 is 27.3 Å². The number of hydrogen-bond acceptors (Lipinski definition) is 3. The van der Waals surface area contributed by atoms with E-state index in [2.05, 4.69) is 58.4 Å². The van der Waals surface area contributed by atoms with Gasteiger partial charge in [-0.15, -0.1) is 11.3 Å². The highest BCUT2D eigenvalue weighted by molar-refractivity contribution is 9.11. The monoisotopic (exact) mass is 353 g/mol. The second-order valence-corrected chi connectivity index (χ2v) is 7.81. The van der Waals surface area contributed by atoms with Gasteiger partial charge in [-0.2, -0.15) is 0 Å². The molecule has 0 spiro atoms. The summed E-state index contributed by atoms with van der Waals surface area (Å²) in [6, 6.07) is 12.4. The van der Waals surface area contributed by atoms with Crippen LogP contribution in [0.15, 0.2) is 45.6 Å². The van der Waals surface area contributed by atoms with Crippen LogP contribution in [0.1, 0.15) is 18.1 Å². The van der Waals surface area contributed by atoms with Gasteiger partial charge in [-0.25, -0.2) is 0 Å². The van der Waals surface area contributed by atoms with E-state index in [1.54, 1.807) is 11.3 Å². The van der Waals surface area contributed by atoms with E-state index >= 15 is 0 Å². The fourth-order valence-corrected chi connectivity index (χ4v) is 3.67. The third kappa shape index (κ3) is 3.92. The maximum Gasteiger partial charge on any atom is 0.0701 e. The van der Waals surface area contributed by atoms with Gasteiger partial charge in [0, 0.05) is 18.5 Å². The van der Waals surface area contributed by atoms with Crippen molar-refractivity contribution in [3.8, 4) is 0 Å². The predicted octanol–water partition coefficient (Wildman–Crippen LogP) is 3.89. The van der Waals surface area contributed by atoms with Gasteiger partial charge in [-0.05, 0) is 45.6 Å². The first-order valence-corrected chi connectivity index (χ1v) is 8.28. The number of aliphatic hydroxyl groups excluding tert-OH is 1. The van der Waals surface area contributed by atoms with Crippen molar-refractivity contribution in [2.45, 2.75) is 18.9 Å². The van der Waals surface area contributed by atoms with E-state index in [1.807, 2.05) is 18.2 Å². The predicted molar refractivity (Wildman–Crippen MR) is 89.2 cm³/mol. The molecule has 1 unspecified atom stereocenters. The van der Waals surface area contributed by atoms with Crippen LogP contribution < -0.4 is 0 Å². The molecule has 0 radical (unpaired) electrons. The van der Waals surface area contributed by atoms with E-state index in [0.29, 0.717) is 0 Å². The Hall–Kier alpha value is -0.680. The molecule has 1 N–H and O–H groups in total. The van der Waals surface area contributed by atoms with Crippen LogP contribution in [0.25, 0.3) is 0 Å². The normalized spacial score (nSPS) is 14.4. The average Bonchev–Trinajstić information content (AvgIpc) is 2.84. The molecular formula is C16H20BrNOS. The second kappa shape index (κ2) is 6.85. The second-order valence-electron chi connectivity index (χ2n) is 5.52. The fraction of sp³-hybridized carbons (Fsp3) is 0.375. The van der Waals surface area contributed by atoms with Crippen molar-refractivity contribution in [3.05, 3.63) is 56.7 Å². The number of likely N-dealkylation sites (N-methyl/N-ethyl adjacent to an activating group) is 1. The van der Waals surface area contributed by atoms with Crippen LogP contribution in [0.4, 0.5) is 0 Å². The number of hydrogen-bond donors (Lipinski definition) is 1. The number of nitrogens with zero attached hydrogens (tertiary/aromatic N) is 1. The summed E-state index contributed by atoms with van der Waals surface area (Å²) in [6.45, 7) is 3.97. The molecule has 0 amide bonds. The first kappa shape index (κ1) is 15.7. The largest absolute Gasteiger partial charge is 0.395 e. The maximum absolute atomic E-state index is 9.83. The number of rotatable bonds is 6. The summed E-state index contributed by atoms with van der Waals surface area (Å²) in [5.41, 5.74) is 2.25. The highest BCUT2D eigenvalue weighted by Gasteiger charge is 2.27. The summed E-state index contributed by atoms with van der Waals surface area (Å²) in [5, 5.41) is 12.0. The minimum atomic E-state index is -0.233. The minimum Gasteiger partial charge on any atom is -0.395 e. The molecule has 0 bridgehead atoms. The molecule has 4 heteroatoms. The Morgan fingerprint density at radius 1 is 1.30 bits per heavy atom. The molecule has 2 rings (SSSR count). The molecule has 0 aliphatic heterocycles. The molecular weight excluding hydrogens is 334 g/mol. The lowest BCUT2D eigenvalue weighted by atomic mass is 9.83. The van der Waals surface area contributed by atoms with Gasteiger partial charge in [-0.1, -0.05) is 37.3 Å². The molecule has 1 atom stereocenters. The van der Waals surface area contributed by atoms with E-state index in [4.69, 9.17) is 0 Å². The molecule has 108 valence electrons. The highest BCUT2D eigenvalue weighted by Crippen LogP contribution is 2.26. The maximum atomic E-state index is 9.83. The zero-order valence-electron chi connectivity index (χ0n) is 11.8. The average molecular weight is 354 g/mol. The number of aliphatic hydroxyl groups is 1. The van der Waals surface area contributed by atoms with Gasteiger partial charge in [-0.3, -0.25) is 0 Å². The molecule has 0 fully saturated rings. The zero-order valence-corrected chi connectivity index (χ0v) is 14.2. The lowest BCUT2D eigenvalue weighted by Crippen LogP contribution is -2.39. The first-order valence-electron chi connectivity index (χ1n) is 6.61. The summed E-state index contributed by atoms with van der Waals surface area (Å²) in [6.07, 6.45) is 0. The smallest absolute Gasteiger partial charge is 0.0701 e. The molecule has 0 aliphatic carbocycles. The topological polar surface area (TPSA) is 23.5 Å². The summed E-state index contributed by atoms with van der Waals surface area (Å²) in [4.78, 5) is 2.26. The van der Waals surface area contributed by atoms with Gasteiger partial charge in [0.2, 0.25) is 0 Å². The lowest BCUT2D eigenvalue weighted by molar-refractivity contribution is 0.156. The van der Waals surface area contributed by atoms with Gasteiger partial charge in [0.15, 0.2) is 0 Å². The van der Waals surface area contributed by atoms with Gasteiger partial charge in [0.25, 0.3) is 0 Å². The molecule has 20 heavy (non-hydrogen) atoms. The van der Waals surface area contributed by atoms with Gasteiger partial charge in [0.1, 0.15) is 0 Å². The van der Waals surface area contributed by atoms with Gasteiger partial charge in [0.05, 0.1) is 10.4 Å². The molecule has 1 heterocycles. The third-order valence-electron chi connectivity index (χ3n) is 3.51. The van der Waals surface area contributed by atoms with Crippen molar-refractivity contribution in [1.29, 1.82) is 0 Å². The minimum absolute atomic E-state index is 0.148. The number of halogens is 1. The molecule has 0 saturated carbocycles. The molecule has 2 aromatic rings. The summed E-state index contributed by atoms with van der Waals surface area (Å²) < 4.78 is 1.16. The van der Waals surface area contributed by atoms with Gasteiger partial charge >= 0.3 is 0 Å². The number of benzene rings is 1. The van der Waals surface area contributed by atoms with E-state index in [0.717, 1.165) is 16.9 Å². The molecule has 0 saturated heterocycles. The van der Waals surface area contributed by atoms with E-state index < -0.39 is 0 Å². The van der Waals surface area contributed by atoms with E-state index in [-0.39, 0.29) is 12.0 Å². The van der Waals surface area contributed by atoms with Crippen molar-refractivity contribution in [2.24, 2.45) is 0 Å². The van der Waals surface area contributed by atoms with Crippen molar-refractivity contribution in [3.63, 3.8) is 0 Å². The Morgan fingerprint density at radius 2 is 2.00 bits per heavy atom. The van der Waals surface area contributed by atoms with E-state index in [9.17, 15) is 5.11 Å². The molecule has 1 aromatic heterocycles. The lowest BCUT2D eigenvalue weighted by Gasteiger charge is -2.32. The van der Waals surface area contributed by atoms with Crippen LogP contribution in [0.2, 0.25) is 0 Å². The summed E-state index contributed by atoms with van der Waals surface area (Å²) >= 11 is 5.20. The van der Waals surface area contributed by atoms with Crippen molar-refractivity contribution < 1.29 is 5.11 Å². The van der Waals surface area contributed by atoms with Crippen LogP contribution in [-0.2, 0) is 12.0 Å². The van der Waals surface area contributed by atoms with Crippen LogP contribution in [0, 0.1) is 0 Å². The third-order valence-corrected chi connectivity index (χ3v) is 5.07. The Morgan fingerprint density at radius 3 is 2.55 bits per heavy atom. The Balaban J connectivity index is 2.06. The first-order chi connectivity index (χ1) is 9.53. The quantitative estimate of drug-likeness (QED) is 0.851. The Bertz CT molecular complexity index is 542. The van der Waals surface area contributed by atoms with Crippen LogP contribution >= 0.6 is 27.3 Å².